The Morgan fingerprint density at radius 1 is 1.04 bits per heavy atom. The van der Waals surface area contributed by atoms with Gasteiger partial charge in [0, 0.05) is 30.9 Å². The molecule has 2 N–H and O–H groups in total. The topological polar surface area (TPSA) is 93.5 Å². The average molecular weight is 371 g/mol. The third kappa shape index (κ3) is 6.62. The number of nitro benzene ring substituents is 1. The summed E-state index contributed by atoms with van der Waals surface area (Å²) >= 11 is 0. The summed E-state index contributed by atoms with van der Waals surface area (Å²) in [7, 11) is 0. The number of hydrogen-bond acceptors (Lipinski definition) is 5. The molecule has 2 aromatic carbocycles. The third-order valence-electron chi connectivity index (χ3n) is 3.94. The van der Waals surface area contributed by atoms with Crippen molar-refractivity contribution in [3.8, 4) is 5.75 Å². The van der Waals surface area contributed by atoms with Crippen LogP contribution in [-0.4, -0.2) is 30.5 Å². The predicted octanol–water partition coefficient (Wildman–Crippen LogP) is 3.50. The summed E-state index contributed by atoms with van der Waals surface area (Å²) in [5.74, 6) is 0.447. The first-order valence-electron chi connectivity index (χ1n) is 8.74. The predicted molar refractivity (Wildman–Crippen MR) is 105 cm³/mol. The minimum atomic E-state index is -0.444. The summed E-state index contributed by atoms with van der Waals surface area (Å²) in [4.78, 5) is 22.0. The van der Waals surface area contributed by atoms with Crippen molar-refractivity contribution >= 4 is 17.3 Å². The number of nitrogens with one attached hydrogen (secondary N) is 2. The van der Waals surface area contributed by atoms with Gasteiger partial charge in [-0.2, -0.15) is 0 Å². The van der Waals surface area contributed by atoms with E-state index in [1.165, 1.54) is 17.7 Å². The van der Waals surface area contributed by atoms with Crippen LogP contribution in [0.3, 0.4) is 0 Å². The van der Waals surface area contributed by atoms with E-state index in [1.807, 2.05) is 24.3 Å². The average Bonchev–Trinajstić information content (AvgIpc) is 2.63. The van der Waals surface area contributed by atoms with Gasteiger partial charge in [0.2, 0.25) is 0 Å². The molecule has 0 aliphatic rings. The maximum Gasteiger partial charge on any atom is 0.269 e. The molecule has 2 rings (SSSR count). The molecule has 0 aliphatic heterocycles. The van der Waals surface area contributed by atoms with Crippen LogP contribution < -0.4 is 15.4 Å². The maximum absolute atomic E-state index is 11.8. The van der Waals surface area contributed by atoms with Crippen LogP contribution >= 0.6 is 0 Å². The number of nitro groups is 1. The minimum Gasteiger partial charge on any atom is -0.484 e. The number of anilines is 1. The molecule has 0 saturated heterocycles. The summed E-state index contributed by atoms with van der Waals surface area (Å²) in [5.41, 5.74) is 2.08. The SMILES string of the molecule is CC(C)(C)c1ccc(OCC(=O)NCCNc2ccc([N+](=O)[O-])cc2)cc1. The number of non-ortho nitro benzene ring substituents is 1. The monoisotopic (exact) mass is 371 g/mol. The fourth-order valence-electron chi connectivity index (χ4n) is 2.36. The smallest absolute Gasteiger partial charge is 0.269 e. The Kier molecular flexibility index (Phi) is 6.76. The first-order chi connectivity index (χ1) is 12.8. The summed E-state index contributed by atoms with van der Waals surface area (Å²) < 4.78 is 5.49. The van der Waals surface area contributed by atoms with E-state index in [4.69, 9.17) is 4.74 Å². The van der Waals surface area contributed by atoms with Crippen molar-refractivity contribution in [2.75, 3.05) is 25.0 Å². The summed E-state index contributed by atoms with van der Waals surface area (Å²) in [6, 6.07) is 13.9. The zero-order valence-electron chi connectivity index (χ0n) is 15.8. The highest BCUT2D eigenvalue weighted by atomic mass is 16.6. The highest BCUT2D eigenvalue weighted by Crippen LogP contribution is 2.24. The first-order valence-corrected chi connectivity index (χ1v) is 8.74. The number of carbonyl (C=O) groups excluding carboxylic acids is 1. The Hall–Kier alpha value is -3.09. The summed E-state index contributed by atoms with van der Waals surface area (Å²) in [6.07, 6.45) is 0. The first kappa shape index (κ1) is 20.2. The molecule has 0 radical (unpaired) electrons. The van der Waals surface area contributed by atoms with Crippen LogP contribution in [0.1, 0.15) is 26.3 Å². The van der Waals surface area contributed by atoms with E-state index in [0.29, 0.717) is 18.8 Å². The van der Waals surface area contributed by atoms with Crippen molar-refractivity contribution in [3.63, 3.8) is 0 Å². The van der Waals surface area contributed by atoms with Crippen LogP contribution in [0.4, 0.5) is 11.4 Å². The molecule has 1 amide bonds. The van der Waals surface area contributed by atoms with Crippen LogP contribution in [0, 0.1) is 10.1 Å². The number of ether oxygens (including phenoxy) is 1. The molecule has 144 valence electrons. The Morgan fingerprint density at radius 2 is 1.67 bits per heavy atom. The highest BCUT2D eigenvalue weighted by molar-refractivity contribution is 5.77. The van der Waals surface area contributed by atoms with Crippen LogP contribution in [0.25, 0.3) is 0 Å². The van der Waals surface area contributed by atoms with Crippen molar-refractivity contribution in [2.45, 2.75) is 26.2 Å². The quantitative estimate of drug-likeness (QED) is 0.421. The van der Waals surface area contributed by atoms with Crippen LogP contribution in [0.5, 0.6) is 5.75 Å². The lowest BCUT2D eigenvalue weighted by Crippen LogP contribution is -2.32. The van der Waals surface area contributed by atoms with Crippen LogP contribution in [0.15, 0.2) is 48.5 Å². The lowest BCUT2D eigenvalue weighted by molar-refractivity contribution is -0.384. The molecule has 0 aliphatic carbocycles. The van der Waals surface area contributed by atoms with Crippen LogP contribution in [0.2, 0.25) is 0 Å². The zero-order valence-corrected chi connectivity index (χ0v) is 15.8. The molecule has 7 nitrogen and oxygen atoms in total. The van der Waals surface area contributed by atoms with Crippen molar-refractivity contribution < 1.29 is 14.5 Å². The molecule has 0 bridgehead atoms. The van der Waals surface area contributed by atoms with Gasteiger partial charge in [0.05, 0.1) is 4.92 Å². The molecule has 0 unspecified atom stereocenters. The van der Waals surface area contributed by atoms with Gasteiger partial charge in [0.1, 0.15) is 5.75 Å². The third-order valence-corrected chi connectivity index (χ3v) is 3.94. The molecule has 0 spiro atoms. The van der Waals surface area contributed by atoms with Crippen LogP contribution in [-0.2, 0) is 10.2 Å². The Bertz CT molecular complexity index is 765. The second-order valence-corrected chi connectivity index (χ2v) is 7.14. The molecular formula is C20H25N3O4. The van der Waals surface area contributed by atoms with E-state index in [1.54, 1.807) is 12.1 Å². The second-order valence-electron chi connectivity index (χ2n) is 7.14. The fourth-order valence-corrected chi connectivity index (χ4v) is 2.36. The van der Waals surface area contributed by atoms with E-state index in [-0.39, 0.29) is 23.6 Å². The number of carbonyl (C=O) groups is 1. The van der Waals surface area contributed by atoms with Gasteiger partial charge in [-0.25, -0.2) is 0 Å². The lowest BCUT2D eigenvalue weighted by Gasteiger charge is -2.19. The van der Waals surface area contributed by atoms with Gasteiger partial charge in [-0.1, -0.05) is 32.9 Å². The standard InChI is InChI=1S/C20H25N3O4/c1-20(2,3)15-4-10-18(11-5-15)27-14-19(24)22-13-12-21-16-6-8-17(9-7-16)23(25)26/h4-11,21H,12-14H2,1-3H3,(H,22,24). The Balaban J connectivity index is 1.67. The van der Waals surface area contributed by atoms with Gasteiger partial charge in [0.15, 0.2) is 6.61 Å². The Morgan fingerprint density at radius 3 is 2.22 bits per heavy atom. The van der Waals surface area contributed by atoms with Gasteiger partial charge in [-0.3, -0.25) is 14.9 Å². The van der Waals surface area contributed by atoms with Gasteiger partial charge in [-0.05, 0) is 35.2 Å². The molecule has 7 heteroatoms. The number of benzene rings is 2. The molecule has 0 aromatic heterocycles. The van der Waals surface area contributed by atoms with Gasteiger partial charge in [-0.15, -0.1) is 0 Å². The number of nitrogens with zero attached hydrogens (tertiary/aromatic N) is 1. The second kappa shape index (κ2) is 9.02. The molecule has 27 heavy (non-hydrogen) atoms. The number of rotatable bonds is 8. The molecule has 0 fully saturated rings. The molecule has 0 atom stereocenters. The molecule has 0 saturated carbocycles. The summed E-state index contributed by atoms with van der Waals surface area (Å²) in [5, 5.41) is 16.4. The lowest BCUT2D eigenvalue weighted by atomic mass is 9.87. The zero-order chi connectivity index (χ0) is 19.9. The van der Waals surface area contributed by atoms with E-state index in [9.17, 15) is 14.9 Å². The van der Waals surface area contributed by atoms with Crippen molar-refractivity contribution in [1.82, 2.24) is 5.32 Å². The number of amides is 1. The van der Waals surface area contributed by atoms with Gasteiger partial charge < -0.3 is 15.4 Å². The molecular weight excluding hydrogens is 346 g/mol. The highest BCUT2D eigenvalue weighted by Gasteiger charge is 2.13. The number of hydrogen-bond donors (Lipinski definition) is 2. The van der Waals surface area contributed by atoms with E-state index >= 15 is 0 Å². The van der Waals surface area contributed by atoms with E-state index in [0.717, 1.165) is 5.69 Å². The minimum absolute atomic E-state index is 0.0431. The van der Waals surface area contributed by atoms with E-state index < -0.39 is 4.92 Å². The van der Waals surface area contributed by atoms with Crippen molar-refractivity contribution in [3.05, 3.63) is 64.2 Å². The maximum atomic E-state index is 11.8. The van der Waals surface area contributed by atoms with Crippen molar-refractivity contribution in [1.29, 1.82) is 0 Å². The molecule has 2 aromatic rings. The fraction of sp³-hybridized carbons (Fsp3) is 0.350. The van der Waals surface area contributed by atoms with Gasteiger partial charge >= 0.3 is 0 Å². The molecule has 0 heterocycles. The normalized spacial score (nSPS) is 10.9. The largest absolute Gasteiger partial charge is 0.484 e. The van der Waals surface area contributed by atoms with Gasteiger partial charge in [0.25, 0.3) is 11.6 Å². The Labute approximate surface area is 158 Å². The van der Waals surface area contributed by atoms with Crippen molar-refractivity contribution in [2.24, 2.45) is 0 Å². The summed E-state index contributed by atoms with van der Waals surface area (Å²) in [6.45, 7) is 7.29. The van der Waals surface area contributed by atoms with E-state index in [2.05, 4.69) is 31.4 Å².